The lowest BCUT2D eigenvalue weighted by Crippen LogP contribution is -2.43. The first-order valence-corrected chi connectivity index (χ1v) is 8.57. The first kappa shape index (κ1) is 17.0. The summed E-state index contributed by atoms with van der Waals surface area (Å²) in [6.07, 6.45) is 3.32. The van der Waals surface area contributed by atoms with Crippen LogP contribution < -0.4 is 4.72 Å². The van der Waals surface area contributed by atoms with Crippen LogP contribution in [0.15, 0.2) is 12.0 Å². The zero-order chi connectivity index (χ0) is 15.0. The van der Waals surface area contributed by atoms with E-state index in [1.165, 1.54) is 0 Å². The van der Waals surface area contributed by atoms with E-state index in [1.807, 2.05) is 6.92 Å². The fraction of sp³-hybridized carbons (Fsp3) is 0.769. The Hall–Kier alpha value is -1.08. The van der Waals surface area contributed by atoms with Crippen LogP contribution in [0.4, 0.5) is 4.79 Å². The number of nitrogens with zero attached hydrogens (tertiary/aromatic N) is 1. The van der Waals surface area contributed by atoms with Crippen molar-refractivity contribution in [2.75, 3.05) is 26.2 Å². The lowest BCUT2D eigenvalue weighted by molar-refractivity contribution is 0.0839. The van der Waals surface area contributed by atoms with Gasteiger partial charge >= 0.3 is 6.09 Å². The predicted molar refractivity (Wildman–Crippen MR) is 77.7 cm³/mol. The summed E-state index contributed by atoms with van der Waals surface area (Å²) < 4.78 is 30.2. The highest BCUT2D eigenvalue weighted by Crippen LogP contribution is 2.17. The van der Waals surface area contributed by atoms with Gasteiger partial charge in [0.2, 0.25) is 10.0 Å². The summed E-state index contributed by atoms with van der Waals surface area (Å²) in [5.41, 5.74) is 0. The number of piperidine rings is 1. The van der Waals surface area contributed by atoms with Crippen LogP contribution in [-0.2, 0) is 14.8 Å². The smallest absolute Gasteiger partial charge is 0.409 e. The van der Waals surface area contributed by atoms with Gasteiger partial charge in [0.1, 0.15) is 0 Å². The highest BCUT2D eigenvalue weighted by atomic mass is 32.2. The standard InChI is InChI=1S/C13H24N2O4S/c1-3-5-9-19-13(16)15-8-6-7-12(11-15)10-14-20(17,18)4-2/h4,12,14H,2-3,5-11H2,1H3/t12-/m1/s1. The van der Waals surface area contributed by atoms with Gasteiger partial charge in [0.15, 0.2) is 0 Å². The molecule has 0 radical (unpaired) electrons. The molecule has 20 heavy (non-hydrogen) atoms. The number of amides is 1. The topological polar surface area (TPSA) is 75.7 Å². The number of likely N-dealkylation sites (tertiary alicyclic amines) is 1. The molecule has 0 aromatic carbocycles. The summed E-state index contributed by atoms with van der Waals surface area (Å²) in [6.45, 7) is 7.26. The van der Waals surface area contributed by atoms with Crippen LogP contribution in [0.5, 0.6) is 0 Å². The Morgan fingerprint density at radius 3 is 2.95 bits per heavy atom. The van der Waals surface area contributed by atoms with E-state index in [-0.39, 0.29) is 12.0 Å². The second-order valence-electron chi connectivity index (χ2n) is 4.98. The van der Waals surface area contributed by atoms with E-state index in [2.05, 4.69) is 11.3 Å². The number of sulfonamides is 1. The second-order valence-corrected chi connectivity index (χ2v) is 6.69. The number of carbonyl (C=O) groups is 1. The largest absolute Gasteiger partial charge is 0.449 e. The first-order chi connectivity index (χ1) is 9.48. The summed E-state index contributed by atoms with van der Waals surface area (Å²) in [7, 11) is -3.39. The molecule has 0 saturated carbocycles. The molecule has 1 amide bonds. The van der Waals surface area contributed by atoms with Crippen molar-refractivity contribution in [1.82, 2.24) is 9.62 Å². The molecule has 1 aliphatic heterocycles. The number of hydrogen-bond donors (Lipinski definition) is 1. The average Bonchev–Trinajstić information content (AvgIpc) is 2.46. The SMILES string of the molecule is C=CS(=O)(=O)NC[C@H]1CCCN(C(=O)OCCCC)C1. The van der Waals surface area contributed by atoms with Crippen LogP contribution in [-0.4, -0.2) is 45.7 Å². The third kappa shape index (κ3) is 5.92. The summed E-state index contributed by atoms with van der Waals surface area (Å²) in [5, 5.41) is 0.895. The van der Waals surface area contributed by atoms with E-state index in [0.29, 0.717) is 26.2 Å². The van der Waals surface area contributed by atoms with Crippen LogP contribution in [0.1, 0.15) is 32.6 Å². The van der Waals surface area contributed by atoms with Crippen LogP contribution in [0.2, 0.25) is 0 Å². The molecule has 1 saturated heterocycles. The molecule has 7 heteroatoms. The molecule has 1 heterocycles. The van der Waals surface area contributed by atoms with Crippen molar-refractivity contribution < 1.29 is 17.9 Å². The van der Waals surface area contributed by atoms with Crippen molar-refractivity contribution >= 4 is 16.1 Å². The molecule has 0 aromatic heterocycles. The van der Waals surface area contributed by atoms with Crippen LogP contribution >= 0.6 is 0 Å². The molecule has 1 atom stereocenters. The number of nitrogens with one attached hydrogen (secondary N) is 1. The Labute approximate surface area is 121 Å². The van der Waals surface area contributed by atoms with Gasteiger partial charge in [-0.2, -0.15) is 0 Å². The summed E-state index contributed by atoms with van der Waals surface area (Å²) >= 11 is 0. The van der Waals surface area contributed by atoms with Crippen molar-refractivity contribution in [3.63, 3.8) is 0 Å². The molecule has 116 valence electrons. The van der Waals surface area contributed by atoms with Gasteiger partial charge < -0.3 is 9.64 Å². The normalized spacial score (nSPS) is 19.6. The lowest BCUT2D eigenvalue weighted by atomic mass is 9.99. The van der Waals surface area contributed by atoms with Crippen molar-refractivity contribution in [3.8, 4) is 0 Å². The van der Waals surface area contributed by atoms with E-state index >= 15 is 0 Å². The first-order valence-electron chi connectivity index (χ1n) is 7.02. The molecule has 0 aliphatic carbocycles. The van der Waals surface area contributed by atoms with Crippen molar-refractivity contribution in [2.45, 2.75) is 32.6 Å². The van der Waals surface area contributed by atoms with Crippen LogP contribution in [0.25, 0.3) is 0 Å². The average molecular weight is 304 g/mol. The fourth-order valence-corrected chi connectivity index (χ4v) is 2.67. The minimum absolute atomic E-state index is 0.122. The molecule has 1 aliphatic rings. The number of unbranched alkanes of at least 4 members (excludes halogenated alkanes) is 1. The fourth-order valence-electron chi connectivity index (χ4n) is 2.09. The second kappa shape index (κ2) is 8.26. The molecule has 1 fully saturated rings. The Morgan fingerprint density at radius 2 is 2.30 bits per heavy atom. The maximum absolute atomic E-state index is 11.8. The Kier molecular flexibility index (Phi) is 7.01. The van der Waals surface area contributed by atoms with Crippen molar-refractivity contribution in [1.29, 1.82) is 0 Å². The van der Waals surface area contributed by atoms with Gasteiger partial charge in [0, 0.05) is 25.0 Å². The maximum atomic E-state index is 11.8. The lowest BCUT2D eigenvalue weighted by Gasteiger charge is -2.32. The van der Waals surface area contributed by atoms with Gasteiger partial charge in [-0.3, -0.25) is 0 Å². The van der Waals surface area contributed by atoms with Crippen molar-refractivity contribution in [2.24, 2.45) is 5.92 Å². The Morgan fingerprint density at radius 1 is 1.55 bits per heavy atom. The zero-order valence-electron chi connectivity index (χ0n) is 12.0. The predicted octanol–water partition coefficient (Wildman–Crippen LogP) is 1.70. The maximum Gasteiger partial charge on any atom is 0.409 e. The van der Waals surface area contributed by atoms with Crippen molar-refractivity contribution in [3.05, 3.63) is 12.0 Å². The van der Waals surface area contributed by atoms with Gasteiger partial charge in [0.05, 0.1) is 6.61 Å². The number of ether oxygens (including phenoxy) is 1. The summed E-state index contributed by atoms with van der Waals surface area (Å²) in [6, 6.07) is 0. The number of rotatable bonds is 7. The molecule has 0 unspecified atom stereocenters. The van der Waals surface area contributed by atoms with Gasteiger partial charge in [0.25, 0.3) is 0 Å². The third-order valence-corrected chi connectivity index (χ3v) is 4.30. The summed E-state index contributed by atoms with van der Waals surface area (Å²) in [5.74, 6) is 0.122. The van der Waals surface area contributed by atoms with Gasteiger partial charge in [-0.1, -0.05) is 19.9 Å². The quantitative estimate of drug-likeness (QED) is 0.726. The van der Waals surface area contributed by atoms with Crippen LogP contribution in [0, 0.1) is 5.92 Å². The minimum atomic E-state index is -3.39. The molecule has 6 nitrogen and oxygen atoms in total. The molecule has 0 bridgehead atoms. The molecular formula is C13H24N2O4S. The minimum Gasteiger partial charge on any atom is -0.449 e. The highest BCUT2D eigenvalue weighted by molar-refractivity contribution is 7.92. The molecule has 0 spiro atoms. The monoisotopic (exact) mass is 304 g/mol. The van der Waals surface area contributed by atoms with Gasteiger partial charge in [-0.15, -0.1) is 0 Å². The molecular weight excluding hydrogens is 280 g/mol. The third-order valence-electron chi connectivity index (χ3n) is 3.29. The van der Waals surface area contributed by atoms with E-state index in [1.54, 1.807) is 4.90 Å². The molecule has 1 rings (SSSR count). The number of carbonyl (C=O) groups excluding carboxylic acids is 1. The van der Waals surface area contributed by atoms with Crippen LogP contribution in [0.3, 0.4) is 0 Å². The number of hydrogen-bond acceptors (Lipinski definition) is 4. The van der Waals surface area contributed by atoms with E-state index < -0.39 is 10.0 Å². The van der Waals surface area contributed by atoms with E-state index in [9.17, 15) is 13.2 Å². The van der Waals surface area contributed by atoms with E-state index in [0.717, 1.165) is 31.1 Å². The van der Waals surface area contributed by atoms with Gasteiger partial charge in [-0.05, 0) is 25.2 Å². The Bertz CT molecular complexity index is 422. The molecule has 1 N–H and O–H groups in total. The Balaban J connectivity index is 2.38. The zero-order valence-corrected chi connectivity index (χ0v) is 12.8. The summed E-state index contributed by atoms with van der Waals surface area (Å²) in [4.78, 5) is 13.5. The van der Waals surface area contributed by atoms with E-state index in [4.69, 9.17) is 4.74 Å². The highest BCUT2D eigenvalue weighted by Gasteiger charge is 2.25. The van der Waals surface area contributed by atoms with Gasteiger partial charge in [-0.25, -0.2) is 17.9 Å². The molecule has 0 aromatic rings.